The van der Waals surface area contributed by atoms with Gasteiger partial charge in [-0.1, -0.05) is 0 Å². The lowest BCUT2D eigenvalue weighted by Crippen LogP contribution is -2.58. The van der Waals surface area contributed by atoms with Crippen molar-refractivity contribution in [1.29, 1.82) is 5.26 Å². The topological polar surface area (TPSA) is 167 Å². The number of aryl methyl sites for hydroxylation is 2. The minimum absolute atomic E-state index is 0.0500. The number of hydrogen-bond acceptors (Lipinski definition) is 7. The fourth-order valence-electron chi connectivity index (χ4n) is 7.84. The Morgan fingerprint density at radius 2 is 1.80 bits per heavy atom. The van der Waals surface area contributed by atoms with E-state index in [0.29, 0.717) is 6.54 Å². The van der Waals surface area contributed by atoms with E-state index < -0.39 is 29.5 Å². The van der Waals surface area contributed by atoms with Crippen molar-refractivity contribution in [2.75, 3.05) is 18.9 Å². The number of nitriles is 1. The number of aromatic nitrogens is 2. The fraction of sp³-hybridized carbons (Fsp3) is 0.562. The first-order chi connectivity index (χ1) is 21.1. The van der Waals surface area contributed by atoms with E-state index in [4.69, 9.17) is 5.26 Å². The van der Waals surface area contributed by atoms with E-state index in [1.807, 2.05) is 6.07 Å². The molecule has 0 radical (unpaired) electrons. The standard InChI is InChI=1S/C32H41N7O5/c1-34-30(43)27(40)7-6-24(36-29(42)26-14-23(18-33)19-38(26)2)28(41)37-25-5-3-9-39(31(25)44)10-4-8-35-32-15-20-11-21(16-32)13-22(12-20)17-32/h3,5,9,14,19-22,24,35H,4,6-8,10-13,15-17H2,1-2H3,(H,34,43)(H,36,42)(H,37,41)/t20?,21?,22?,24-,32?/m0/s1. The molecule has 1 atom stereocenters. The van der Waals surface area contributed by atoms with Crippen LogP contribution in [0.1, 0.15) is 73.8 Å². The van der Waals surface area contributed by atoms with Crippen LogP contribution in [-0.2, 0) is 28.0 Å². The number of likely N-dealkylation sites (N-methyl/N-ethyl adjacent to an activating group) is 1. The lowest BCUT2D eigenvalue weighted by atomic mass is 9.53. The summed E-state index contributed by atoms with van der Waals surface area (Å²) in [5, 5.41) is 20.5. The number of carbonyl (C=O) groups is 4. The second-order valence-corrected chi connectivity index (χ2v) is 12.8. The normalized spacial score (nSPS) is 23.9. The summed E-state index contributed by atoms with van der Waals surface area (Å²) in [5.41, 5.74) is 0.342. The Labute approximate surface area is 256 Å². The Balaban J connectivity index is 1.21. The largest absolute Gasteiger partial charge is 0.353 e. The summed E-state index contributed by atoms with van der Waals surface area (Å²) in [7, 11) is 2.92. The number of anilines is 1. The first kappa shape index (κ1) is 31.2. The van der Waals surface area contributed by atoms with Gasteiger partial charge in [-0.15, -0.1) is 0 Å². The van der Waals surface area contributed by atoms with Crippen molar-refractivity contribution in [3.63, 3.8) is 0 Å². The molecule has 4 N–H and O–H groups in total. The van der Waals surface area contributed by atoms with Gasteiger partial charge in [-0.2, -0.15) is 5.26 Å². The number of nitrogens with one attached hydrogen (secondary N) is 4. The summed E-state index contributed by atoms with van der Waals surface area (Å²) >= 11 is 0. The van der Waals surface area contributed by atoms with Crippen LogP contribution in [0.2, 0.25) is 0 Å². The van der Waals surface area contributed by atoms with E-state index in [-0.39, 0.29) is 40.9 Å². The van der Waals surface area contributed by atoms with Gasteiger partial charge in [0.15, 0.2) is 0 Å². The minimum Gasteiger partial charge on any atom is -0.353 e. The van der Waals surface area contributed by atoms with Crippen LogP contribution < -0.4 is 26.8 Å². The van der Waals surface area contributed by atoms with Crippen LogP contribution in [0.3, 0.4) is 0 Å². The van der Waals surface area contributed by atoms with Crippen LogP contribution >= 0.6 is 0 Å². The number of rotatable bonds is 13. The molecule has 3 amide bonds. The van der Waals surface area contributed by atoms with Gasteiger partial charge >= 0.3 is 0 Å². The van der Waals surface area contributed by atoms with Crippen molar-refractivity contribution < 1.29 is 19.2 Å². The van der Waals surface area contributed by atoms with Gasteiger partial charge in [0.1, 0.15) is 23.5 Å². The van der Waals surface area contributed by atoms with E-state index in [1.54, 1.807) is 23.9 Å². The first-order valence-corrected chi connectivity index (χ1v) is 15.5. The summed E-state index contributed by atoms with van der Waals surface area (Å²) in [4.78, 5) is 63.5. The van der Waals surface area contributed by atoms with Crippen molar-refractivity contribution in [2.45, 2.75) is 75.9 Å². The van der Waals surface area contributed by atoms with Gasteiger partial charge in [-0.25, -0.2) is 0 Å². The molecule has 4 fully saturated rings. The molecule has 44 heavy (non-hydrogen) atoms. The van der Waals surface area contributed by atoms with Crippen molar-refractivity contribution in [3.8, 4) is 6.07 Å². The molecule has 12 heteroatoms. The highest BCUT2D eigenvalue weighted by molar-refractivity contribution is 6.36. The van der Waals surface area contributed by atoms with Gasteiger partial charge in [0, 0.05) is 45.0 Å². The third-order valence-corrected chi connectivity index (χ3v) is 9.52. The number of pyridine rings is 1. The quantitative estimate of drug-likeness (QED) is 0.200. The van der Waals surface area contributed by atoms with Crippen LogP contribution in [-0.4, -0.2) is 57.8 Å². The van der Waals surface area contributed by atoms with Gasteiger partial charge in [-0.3, -0.25) is 24.0 Å². The molecule has 4 aliphatic carbocycles. The van der Waals surface area contributed by atoms with Crippen molar-refractivity contribution >= 4 is 29.2 Å². The van der Waals surface area contributed by atoms with E-state index in [1.165, 1.54) is 68.5 Å². The van der Waals surface area contributed by atoms with E-state index in [0.717, 1.165) is 30.7 Å². The molecule has 4 bridgehead atoms. The second-order valence-electron chi connectivity index (χ2n) is 12.8. The monoisotopic (exact) mass is 603 g/mol. The Hall–Kier alpha value is -4.24. The van der Waals surface area contributed by atoms with Crippen LogP contribution in [0.4, 0.5) is 5.69 Å². The third kappa shape index (κ3) is 6.94. The molecule has 12 nitrogen and oxygen atoms in total. The summed E-state index contributed by atoms with van der Waals surface area (Å²) in [6, 6.07) is 5.29. The summed E-state index contributed by atoms with van der Waals surface area (Å²) < 4.78 is 3.01. The average Bonchev–Trinajstić information content (AvgIpc) is 3.38. The molecule has 2 aromatic heterocycles. The SMILES string of the molecule is CNC(=O)C(=O)CC[C@H](NC(=O)c1cc(C#N)cn1C)C(=O)Nc1cccn(CCCNC23CC4CC(CC(C4)C2)C3)c1=O. The highest BCUT2D eigenvalue weighted by Gasteiger charge is 2.50. The summed E-state index contributed by atoms with van der Waals surface area (Å²) in [5.74, 6) is -0.316. The Morgan fingerprint density at radius 1 is 1.11 bits per heavy atom. The van der Waals surface area contributed by atoms with Gasteiger partial charge in [0.05, 0.1) is 5.56 Å². The zero-order chi connectivity index (χ0) is 31.4. The Morgan fingerprint density at radius 3 is 2.41 bits per heavy atom. The zero-order valence-electron chi connectivity index (χ0n) is 25.4. The average molecular weight is 604 g/mol. The molecular weight excluding hydrogens is 562 g/mol. The molecule has 4 aliphatic rings. The fourth-order valence-corrected chi connectivity index (χ4v) is 7.84. The lowest BCUT2D eigenvalue weighted by molar-refractivity contribution is -0.137. The number of carbonyl (C=O) groups excluding carboxylic acids is 4. The number of Topliss-reactive ketones (excluding diaryl/α,β-unsaturated/α-hetero) is 1. The van der Waals surface area contributed by atoms with Crippen LogP contribution in [0.5, 0.6) is 0 Å². The van der Waals surface area contributed by atoms with Crippen LogP contribution in [0, 0.1) is 29.1 Å². The third-order valence-electron chi connectivity index (χ3n) is 9.52. The molecule has 0 aromatic carbocycles. The van der Waals surface area contributed by atoms with Crippen LogP contribution in [0.15, 0.2) is 35.4 Å². The van der Waals surface area contributed by atoms with Crippen LogP contribution in [0.25, 0.3) is 0 Å². The summed E-state index contributed by atoms with van der Waals surface area (Å²) in [6.07, 6.45) is 11.4. The Kier molecular flexibility index (Phi) is 9.34. The number of amides is 3. The maximum absolute atomic E-state index is 13.4. The minimum atomic E-state index is -1.23. The molecule has 234 valence electrons. The highest BCUT2D eigenvalue weighted by atomic mass is 16.2. The molecule has 0 unspecified atom stereocenters. The van der Waals surface area contributed by atoms with Crippen molar-refractivity contribution in [1.82, 2.24) is 25.1 Å². The zero-order valence-corrected chi connectivity index (χ0v) is 25.4. The van der Waals surface area contributed by atoms with E-state index in [2.05, 4.69) is 21.3 Å². The first-order valence-electron chi connectivity index (χ1n) is 15.5. The molecule has 4 saturated carbocycles. The summed E-state index contributed by atoms with van der Waals surface area (Å²) in [6.45, 7) is 1.30. The van der Waals surface area contributed by atoms with E-state index in [9.17, 15) is 24.0 Å². The van der Waals surface area contributed by atoms with Gasteiger partial charge < -0.3 is 30.4 Å². The molecule has 2 aromatic rings. The molecule has 0 aliphatic heterocycles. The number of hydrogen-bond donors (Lipinski definition) is 4. The highest BCUT2D eigenvalue weighted by Crippen LogP contribution is 2.55. The molecule has 0 spiro atoms. The van der Waals surface area contributed by atoms with Gasteiger partial charge in [-0.05, 0) is 93.9 Å². The predicted octanol–water partition coefficient (Wildman–Crippen LogP) is 1.84. The predicted molar refractivity (Wildman–Crippen MR) is 163 cm³/mol. The molecule has 0 saturated heterocycles. The van der Waals surface area contributed by atoms with Gasteiger partial charge in [0.25, 0.3) is 17.4 Å². The molecule has 2 heterocycles. The molecular formula is C32H41N7O5. The Bertz CT molecular complexity index is 1500. The maximum Gasteiger partial charge on any atom is 0.287 e. The molecule has 6 rings (SSSR count). The van der Waals surface area contributed by atoms with Crippen molar-refractivity contribution in [3.05, 3.63) is 52.2 Å². The van der Waals surface area contributed by atoms with E-state index >= 15 is 0 Å². The number of nitrogens with zero attached hydrogens (tertiary/aromatic N) is 3. The van der Waals surface area contributed by atoms with Gasteiger partial charge in [0.2, 0.25) is 11.7 Å². The van der Waals surface area contributed by atoms with Crippen molar-refractivity contribution in [2.24, 2.45) is 24.8 Å². The second kappa shape index (κ2) is 13.2. The lowest BCUT2D eigenvalue weighted by Gasteiger charge is -2.57. The smallest absolute Gasteiger partial charge is 0.287 e. The maximum atomic E-state index is 13.4. The number of ketones is 1.